The van der Waals surface area contributed by atoms with E-state index in [1.165, 1.54) is 14.7 Å². The van der Waals surface area contributed by atoms with Gasteiger partial charge in [0.2, 0.25) is 0 Å². The minimum Gasteiger partial charge on any atom is -0.743 e. The fourth-order valence-corrected chi connectivity index (χ4v) is 13.1. The van der Waals surface area contributed by atoms with Crippen molar-refractivity contribution < 1.29 is 45.7 Å². The number of Topliss-reactive ketones (excluding diaryl/α,β-unsaturated/α-hetero) is 3. The summed E-state index contributed by atoms with van der Waals surface area (Å²) in [5.74, 6) is -1.30. The van der Waals surface area contributed by atoms with Gasteiger partial charge in [0.15, 0.2) is 30.9 Å². The van der Waals surface area contributed by atoms with Crippen molar-refractivity contribution in [1.82, 2.24) is 0 Å². The van der Waals surface area contributed by atoms with Gasteiger partial charge in [-0.3, -0.25) is 19.2 Å². The molecule has 0 saturated heterocycles. The molecule has 0 N–H and O–H groups in total. The first kappa shape index (κ1) is 42.9. The van der Waals surface area contributed by atoms with Crippen LogP contribution in [0.1, 0.15) is 85.5 Å². The van der Waals surface area contributed by atoms with Gasteiger partial charge in [-0.2, -0.15) is 8.78 Å². The molecule has 0 aromatic heterocycles. The molecule has 4 aliphatic rings. The molecule has 4 fully saturated rings. The van der Waals surface area contributed by atoms with Crippen molar-refractivity contribution in [3.8, 4) is 0 Å². The second-order valence-corrected chi connectivity index (χ2v) is 20.3. The van der Waals surface area contributed by atoms with E-state index in [0.717, 1.165) is 0 Å². The third-order valence-corrected chi connectivity index (χ3v) is 17.0. The van der Waals surface area contributed by atoms with Gasteiger partial charge >= 0.3 is 11.2 Å². The van der Waals surface area contributed by atoms with Gasteiger partial charge in [0, 0.05) is 43.4 Å². The van der Waals surface area contributed by atoms with Crippen LogP contribution in [0.4, 0.5) is 8.78 Å². The van der Waals surface area contributed by atoms with Crippen LogP contribution in [0, 0.1) is 46.3 Å². The van der Waals surface area contributed by atoms with Crippen molar-refractivity contribution in [2.75, 3.05) is 0 Å². The first-order valence-electron chi connectivity index (χ1n) is 19.9. The molecule has 0 aliphatic heterocycles. The molecule has 2 unspecified atom stereocenters. The van der Waals surface area contributed by atoms with Crippen LogP contribution in [-0.4, -0.2) is 47.6 Å². The van der Waals surface area contributed by atoms with E-state index in [-0.39, 0.29) is 82.0 Å². The summed E-state index contributed by atoms with van der Waals surface area (Å²) in [5.41, 5.74) is -0.960. The summed E-state index contributed by atoms with van der Waals surface area (Å²) < 4.78 is 64.2. The molecule has 0 amide bonds. The quantitative estimate of drug-likeness (QED) is 0.113. The number of esters is 1. The minimum absolute atomic E-state index is 0.0110. The zero-order valence-electron chi connectivity index (χ0n) is 32.9. The second-order valence-electron chi connectivity index (χ2n) is 16.9. The van der Waals surface area contributed by atoms with Crippen molar-refractivity contribution in [3.05, 3.63) is 91.0 Å². The van der Waals surface area contributed by atoms with Gasteiger partial charge in [-0.05, 0) is 104 Å². The van der Waals surface area contributed by atoms with Gasteiger partial charge in [-0.1, -0.05) is 75.4 Å². The molecule has 12 heteroatoms. The van der Waals surface area contributed by atoms with E-state index in [9.17, 15) is 40.9 Å². The van der Waals surface area contributed by atoms with Crippen LogP contribution in [0.25, 0.3) is 0 Å². The Morgan fingerprint density at radius 3 is 1.88 bits per heavy atom. The van der Waals surface area contributed by atoms with Crippen LogP contribution in [0.3, 0.4) is 0 Å². The Morgan fingerprint density at radius 2 is 1.37 bits per heavy atom. The van der Waals surface area contributed by atoms with E-state index >= 15 is 0 Å². The molecule has 3 aromatic carbocycles. The predicted molar refractivity (Wildman–Crippen MR) is 211 cm³/mol. The number of ether oxygens (including phenoxy) is 1. The number of benzene rings is 3. The third kappa shape index (κ3) is 8.41. The monoisotopic (exact) mass is 822 g/mol. The lowest BCUT2D eigenvalue weighted by Crippen LogP contribution is -2.60. The topological polar surface area (TPSA) is 135 Å². The van der Waals surface area contributed by atoms with E-state index in [1.54, 1.807) is 0 Å². The maximum Gasteiger partial charge on any atom is 0.369 e. The standard InChI is InChI=1S/C27H38F2O8S.C18H15S/c1-14(5-8-23(33)37-15(2)27(28,29)38(34,35)36)18-6-7-19-24-20(13-22(32)26(18,19)4)25(3)10-9-17(30)11-16(25)12-21(24)31;1-4-10-16(11-5-1)19(17-12-6-2-7-13-17)18-14-8-3-9-15-18/h14-16,18-20,24H,5-13H2,1-4H3,(H,34,35,36);1-15H/q;+1/p-1/t14?,15?,16-,18+,19-,20-,24-,25-,26+;/m0./s1. The van der Waals surface area contributed by atoms with Crippen molar-refractivity contribution in [2.24, 2.45) is 46.3 Å². The highest BCUT2D eigenvalue weighted by Crippen LogP contribution is 2.66. The molecule has 8 nitrogen and oxygen atoms in total. The molecule has 0 bridgehead atoms. The molecule has 306 valence electrons. The maximum absolute atomic E-state index is 13.8. The highest BCUT2D eigenvalue weighted by molar-refractivity contribution is 7.97. The van der Waals surface area contributed by atoms with Crippen molar-refractivity contribution in [3.63, 3.8) is 0 Å². The molecule has 0 spiro atoms. The molecule has 3 aromatic rings. The summed E-state index contributed by atoms with van der Waals surface area (Å²) in [7, 11) is -6.01. The van der Waals surface area contributed by atoms with E-state index in [2.05, 4.69) is 103 Å². The summed E-state index contributed by atoms with van der Waals surface area (Å²) >= 11 is 0. The third-order valence-electron chi connectivity index (χ3n) is 13.8. The van der Waals surface area contributed by atoms with Crippen LogP contribution >= 0.6 is 0 Å². The number of halogens is 2. The zero-order valence-corrected chi connectivity index (χ0v) is 34.5. The lowest BCUT2D eigenvalue weighted by molar-refractivity contribution is -0.166. The highest BCUT2D eigenvalue weighted by Gasteiger charge is 2.66. The Balaban J connectivity index is 0.000000240. The Kier molecular flexibility index (Phi) is 12.7. The number of ketones is 3. The first-order valence-corrected chi connectivity index (χ1v) is 22.5. The summed E-state index contributed by atoms with van der Waals surface area (Å²) in [4.78, 5) is 55.7. The van der Waals surface area contributed by atoms with Gasteiger partial charge < -0.3 is 9.29 Å². The fourth-order valence-electron chi connectivity index (χ4n) is 10.5. The molecule has 57 heavy (non-hydrogen) atoms. The van der Waals surface area contributed by atoms with E-state index in [4.69, 9.17) is 0 Å². The van der Waals surface area contributed by atoms with Crippen molar-refractivity contribution in [1.29, 1.82) is 0 Å². The minimum atomic E-state index is -5.99. The summed E-state index contributed by atoms with van der Waals surface area (Å²) in [6, 6.07) is 32.2. The average Bonchev–Trinajstić information content (AvgIpc) is 3.54. The van der Waals surface area contributed by atoms with Gasteiger partial charge in [0.05, 0.1) is 10.9 Å². The van der Waals surface area contributed by atoms with E-state index < -0.39 is 32.9 Å². The second kappa shape index (κ2) is 16.9. The van der Waals surface area contributed by atoms with Crippen molar-refractivity contribution in [2.45, 2.75) is 112 Å². The van der Waals surface area contributed by atoms with Gasteiger partial charge in [-0.15, -0.1) is 0 Å². The molecule has 7 rings (SSSR count). The first-order chi connectivity index (χ1) is 26.9. The van der Waals surface area contributed by atoms with Crippen LogP contribution in [0.2, 0.25) is 0 Å². The number of fused-ring (bicyclic) bond motifs is 5. The Labute approximate surface area is 337 Å². The molecule has 9 atom stereocenters. The predicted octanol–water partition coefficient (Wildman–Crippen LogP) is 8.84. The lowest BCUT2D eigenvalue weighted by Gasteiger charge is -2.58. The van der Waals surface area contributed by atoms with Gasteiger partial charge in [0.1, 0.15) is 17.3 Å². The Bertz CT molecular complexity index is 1950. The summed E-state index contributed by atoms with van der Waals surface area (Å²) in [6.45, 7) is 6.62. The highest BCUT2D eigenvalue weighted by atomic mass is 32.2. The molecular formula is C45H52F2O8S2. The van der Waals surface area contributed by atoms with E-state index in [1.807, 2.05) is 13.8 Å². The zero-order chi connectivity index (χ0) is 41.3. The maximum atomic E-state index is 13.8. The smallest absolute Gasteiger partial charge is 0.369 e. The molecule has 4 saturated carbocycles. The van der Waals surface area contributed by atoms with Crippen molar-refractivity contribution >= 4 is 44.3 Å². The molecule has 0 heterocycles. The fraction of sp³-hybridized carbons (Fsp3) is 0.511. The average molecular weight is 823 g/mol. The van der Waals surface area contributed by atoms with Crippen LogP contribution < -0.4 is 0 Å². The SMILES string of the molecule is CC(CCC(=O)OC(C)C(F)(F)S(=O)(=O)[O-])[C@H]1CC[C@H]2[C@@H]3C(=O)C[C@@H]4CC(=O)CC[C@]4(C)[C@H]3CC(=O)[C@]12C.c1ccc([S+](c2ccccc2)c2ccccc2)cc1. The van der Waals surface area contributed by atoms with E-state index in [0.29, 0.717) is 51.9 Å². The molecular weight excluding hydrogens is 771 g/mol. The Morgan fingerprint density at radius 1 is 0.842 bits per heavy atom. The Hall–Kier alpha value is -3.74. The number of alkyl halides is 2. The number of hydrogen-bond acceptors (Lipinski definition) is 8. The lowest BCUT2D eigenvalue weighted by atomic mass is 9.44. The number of rotatable bonds is 10. The molecule has 0 radical (unpaired) electrons. The number of carbonyl (C=O) groups excluding carboxylic acids is 4. The summed E-state index contributed by atoms with van der Waals surface area (Å²) in [5, 5.41) is -4.74. The number of hydrogen-bond donors (Lipinski definition) is 0. The van der Waals surface area contributed by atoms with Crippen LogP contribution in [-0.2, 0) is 44.9 Å². The molecule has 4 aliphatic carbocycles. The van der Waals surface area contributed by atoms with Crippen LogP contribution in [0.5, 0.6) is 0 Å². The largest absolute Gasteiger partial charge is 0.743 e. The van der Waals surface area contributed by atoms with Crippen LogP contribution in [0.15, 0.2) is 106 Å². The summed E-state index contributed by atoms with van der Waals surface area (Å²) in [6.07, 6.45) is 1.20. The van der Waals surface area contributed by atoms with Gasteiger partial charge in [-0.25, -0.2) is 8.42 Å². The normalized spacial score (nSPS) is 29.6. The number of carbonyl (C=O) groups is 4. The van der Waals surface area contributed by atoms with Gasteiger partial charge in [0.25, 0.3) is 0 Å².